The molecule has 122 valence electrons. The van der Waals surface area contributed by atoms with Gasteiger partial charge < -0.3 is 20.9 Å². The van der Waals surface area contributed by atoms with Crippen LogP contribution in [-0.2, 0) is 9.53 Å². The van der Waals surface area contributed by atoms with Crippen molar-refractivity contribution in [3.05, 3.63) is 52.9 Å². The molecule has 0 amide bonds. The van der Waals surface area contributed by atoms with Gasteiger partial charge in [0.05, 0.1) is 12.6 Å². The Labute approximate surface area is 134 Å². The van der Waals surface area contributed by atoms with E-state index >= 15 is 0 Å². The zero-order valence-electron chi connectivity index (χ0n) is 13.2. The highest BCUT2D eigenvalue weighted by atomic mass is 16.5. The summed E-state index contributed by atoms with van der Waals surface area (Å²) in [6, 6.07) is 4.95. The Morgan fingerprint density at radius 3 is 2.74 bits per heavy atom. The number of allylic oxidation sites excluding steroid dienone is 1. The smallest absolute Gasteiger partial charge is 0.252 e. The zero-order chi connectivity index (χ0) is 17.1. The summed E-state index contributed by atoms with van der Waals surface area (Å²) in [5.74, 6) is -0.910. The number of fused-ring (bicyclic) bond motifs is 1. The molecule has 0 aromatic heterocycles. The number of carbonyl (C=O) groups is 2. The largest absolute Gasteiger partial charge is 0.458 e. The van der Waals surface area contributed by atoms with Crippen molar-refractivity contribution in [1.82, 2.24) is 5.32 Å². The van der Waals surface area contributed by atoms with Gasteiger partial charge in [-0.25, -0.2) is 0 Å². The summed E-state index contributed by atoms with van der Waals surface area (Å²) in [4.78, 5) is 24.3. The molecular weight excluding hydrogens is 296 g/mol. The molecule has 1 aromatic rings. The van der Waals surface area contributed by atoms with E-state index in [1.165, 1.54) is 0 Å². The quantitative estimate of drug-likeness (QED) is 0.532. The molecule has 1 atom stereocenters. The first kappa shape index (κ1) is 16.9. The Kier molecular flexibility index (Phi) is 4.98. The molecule has 1 aliphatic carbocycles. The predicted octanol–water partition coefficient (Wildman–Crippen LogP) is 0.888. The molecule has 0 bridgehead atoms. The third-order valence-electron chi connectivity index (χ3n) is 3.72. The fourth-order valence-electron chi connectivity index (χ4n) is 2.37. The number of nitrogens with one attached hydrogen (secondary N) is 1. The van der Waals surface area contributed by atoms with Crippen molar-refractivity contribution in [2.45, 2.75) is 19.9 Å². The van der Waals surface area contributed by atoms with Gasteiger partial charge in [0.2, 0.25) is 5.78 Å². The van der Waals surface area contributed by atoms with Gasteiger partial charge in [0.15, 0.2) is 5.76 Å². The van der Waals surface area contributed by atoms with E-state index in [9.17, 15) is 9.59 Å². The number of carbonyl (C=O) groups excluding carboxylic acids is 2. The van der Waals surface area contributed by atoms with Crippen LogP contribution in [0.5, 0.6) is 0 Å². The minimum absolute atomic E-state index is 0.0164. The van der Waals surface area contributed by atoms with E-state index < -0.39 is 11.6 Å². The fraction of sp³-hybridized carbons (Fsp3) is 0.294. The van der Waals surface area contributed by atoms with E-state index in [1.54, 1.807) is 25.1 Å². The van der Waals surface area contributed by atoms with Gasteiger partial charge in [-0.05, 0) is 19.4 Å². The first-order valence-corrected chi connectivity index (χ1v) is 7.28. The van der Waals surface area contributed by atoms with E-state index in [4.69, 9.17) is 15.6 Å². The Balaban J connectivity index is 2.38. The first-order valence-electron chi connectivity index (χ1n) is 7.28. The Morgan fingerprint density at radius 2 is 2.09 bits per heavy atom. The van der Waals surface area contributed by atoms with Crippen LogP contribution in [0.2, 0.25) is 0 Å². The molecule has 0 heterocycles. The molecule has 0 saturated carbocycles. The van der Waals surface area contributed by atoms with E-state index in [2.05, 4.69) is 11.9 Å². The van der Waals surface area contributed by atoms with Crippen LogP contribution in [0.1, 0.15) is 28.4 Å². The van der Waals surface area contributed by atoms with Crippen molar-refractivity contribution < 1.29 is 19.4 Å². The molecule has 1 aliphatic rings. The van der Waals surface area contributed by atoms with Crippen LogP contribution in [0.15, 0.2) is 36.2 Å². The number of benzene rings is 1. The fourth-order valence-corrected chi connectivity index (χ4v) is 2.37. The SMILES string of the molecule is C=C(OC1=C(N)C(=O)C(=O)c2c(C)cccc21)C(C)NCCO. The van der Waals surface area contributed by atoms with Gasteiger partial charge in [-0.3, -0.25) is 9.59 Å². The van der Waals surface area contributed by atoms with Gasteiger partial charge in [0.25, 0.3) is 5.78 Å². The molecule has 2 rings (SSSR count). The molecule has 6 nitrogen and oxygen atoms in total. The van der Waals surface area contributed by atoms with Crippen LogP contribution in [0.3, 0.4) is 0 Å². The van der Waals surface area contributed by atoms with E-state index in [1.807, 2.05) is 6.92 Å². The highest BCUT2D eigenvalue weighted by Crippen LogP contribution is 2.32. The van der Waals surface area contributed by atoms with Crippen molar-refractivity contribution in [1.29, 1.82) is 0 Å². The maximum Gasteiger partial charge on any atom is 0.252 e. The lowest BCUT2D eigenvalue weighted by atomic mass is 9.88. The molecule has 0 fully saturated rings. The Bertz CT molecular complexity index is 707. The lowest BCUT2D eigenvalue weighted by Crippen LogP contribution is -2.33. The number of aliphatic hydroxyl groups excluding tert-OH is 1. The molecular formula is C17H20N2O4. The lowest BCUT2D eigenvalue weighted by Gasteiger charge is -2.24. The molecule has 1 unspecified atom stereocenters. The summed E-state index contributed by atoms with van der Waals surface area (Å²) < 4.78 is 5.71. The monoisotopic (exact) mass is 316 g/mol. The van der Waals surface area contributed by atoms with Gasteiger partial charge in [0, 0.05) is 17.7 Å². The molecule has 0 saturated heterocycles. The average Bonchev–Trinajstić information content (AvgIpc) is 2.54. The molecule has 1 aromatic carbocycles. The average molecular weight is 316 g/mol. The summed E-state index contributed by atoms with van der Waals surface area (Å²) in [6.45, 7) is 7.75. The van der Waals surface area contributed by atoms with Crippen molar-refractivity contribution in [2.24, 2.45) is 5.73 Å². The number of nitrogens with two attached hydrogens (primary N) is 1. The standard InChI is InChI=1S/C17H20N2O4/c1-9-5-4-6-12-13(9)15(21)16(22)14(18)17(12)23-11(3)10(2)19-7-8-20/h4-6,10,19-20H,3,7-8,18H2,1-2H3. The molecule has 23 heavy (non-hydrogen) atoms. The number of ketones is 2. The van der Waals surface area contributed by atoms with Crippen LogP contribution in [0.4, 0.5) is 0 Å². The number of hydrogen-bond donors (Lipinski definition) is 3. The zero-order valence-corrected chi connectivity index (χ0v) is 13.2. The van der Waals surface area contributed by atoms with Crippen LogP contribution in [0.25, 0.3) is 5.76 Å². The molecule has 6 heteroatoms. The van der Waals surface area contributed by atoms with E-state index in [-0.39, 0.29) is 24.1 Å². The highest BCUT2D eigenvalue weighted by Gasteiger charge is 2.34. The van der Waals surface area contributed by atoms with Crippen molar-refractivity contribution >= 4 is 17.3 Å². The first-order chi connectivity index (χ1) is 10.9. The number of aliphatic hydroxyl groups is 1. The highest BCUT2D eigenvalue weighted by molar-refractivity contribution is 6.52. The number of hydrogen-bond acceptors (Lipinski definition) is 6. The number of Topliss-reactive ketones (excluding diaryl/α,β-unsaturated/α-hetero) is 2. The summed E-state index contributed by atoms with van der Waals surface area (Å²) in [6.07, 6.45) is 0. The van der Waals surface area contributed by atoms with Gasteiger partial charge in [-0.15, -0.1) is 0 Å². The van der Waals surface area contributed by atoms with Crippen LogP contribution in [0, 0.1) is 6.92 Å². The van der Waals surface area contributed by atoms with Gasteiger partial charge in [0.1, 0.15) is 11.5 Å². The number of ether oxygens (including phenoxy) is 1. The summed E-state index contributed by atoms with van der Waals surface area (Å²) in [7, 11) is 0. The molecule has 0 radical (unpaired) electrons. The van der Waals surface area contributed by atoms with E-state index in [0.717, 1.165) is 0 Å². The number of rotatable bonds is 6. The second kappa shape index (κ2) is 6.76. The third-order valence-corrected chi connectivity index (χ3v) is 3.72. The van der Waals surface area contributed by atoms with Gasteiger partial charge >= 0.3 is 0 Å². The molecule has 0 spiro atoms. The Hall–Kier alpha value is -2.44. The summed E-state index contributed by atoms with van der Waals surface area (Å²) in [5, 5.41) is 11.8. The summed E-state index contributed by atoms with van der Waals surface area (Å²) in [5.41, 5.74) is 7.08. The lowest BCUT2D eigenvalue weighted by molar-refractivity contribution is -0.112. The van der Waals surface area contributed by atoms with E-state index in [0.29, 0.717) is 29.0 Å². The summed E-state index contributed by atoms with van der Waals surface area (Å²) >= 11 is 0. The number of aryl methyl sites for hydroxylation is 1. The molecule has 0 aliphatic heterocycles. The van der Waals surface area contributed by atoms with Crippen molar-refractivity contribution in [2.75, 3.05) is 13.2 Å². The Morgan fingerprint density at radius 1 is 1.39 bits per heavy atom. The second-order valence-electron chi connectivity index (χ2n) is 5.37. The normalized spacial score (nSPS) is 15.4. The van der Waals surface area contributed by atoms with Crippen LogP contribution >= 0.6 is 0 Å². The third kappa shape index (κ3) is 3.18. The maximum atomic E-state index is 12.2. The van der Waals surface area contributed by atoms with Gasteiger partial charge in [-0.2, -0.15) is 0 Å². The minimum Gasteiger partial charge on any atom is -0.458 e. The van der Waals surface area contributed by atoms with Crippen molar-refractivity contribution in [3.8, 4) is 0 Å². The maximum absolute atomic E-state index is 12.2. The van der Waals surface area contributed by atoms with Gasteiger partial charge in [-0.1, -0.05) is 24.8 Å². The van der Waals surface area contributed by atoms with Crippen molar-refractivity contribution in [3.63, 3.8) is 0 Å². The topological polar surface area (TPSA) is 102 Å². The second-order valence-corrected chi connectivity index (χ2v) is 5.37. The predicted molar refractivity (Wildman–Crippen MR) is 86.4 cm³/mol. The van der Waals surface area contributed by atoms with Crippen LogP contribution in [-0.4, -0.2) is 35.9 Å². The minimum atomic E-state index is -0.773. The molecule has 4 N–H and O–H groups in total. The van der Waals surface area contributed by atoms with Crippen LogP contribution < -0.4 is 11.1 Å².